The molecule has 0 fully saturated rings. The quantitative estimate of drug-likeness (QED) is 0.746. The lowest BCUT2D eigenvalue weighted by Gasteiger charge is -2.05. The summed E-state index contributed by atoms with van der Waals surface area (Å²) < 4.78 is 1.05. The topological polar surface area (TPSA) is 23.8 Å². The lowest BCUT2D eigenvalue weighted by molar-refractivity contribution is 1.00. The maximum Gasteiger partial charge on any atom is 0.124 e. The van der Waals surface area contributed by atoms with Crippen molar-refractivity contribution >= 4 is 27.5 Å². The number of nitrogens with zero attached hydrogens (tertiary/aromatic N) is 1. The monoisotopic (exact) mass is 257 g/mol. The molecule has 0 radical (unpaired) electrons. The summed E-state index contributed by atoms with van der Waals surface area (Å²) >= 11 is 9.12. The lowest BCUT2D eigenvalue weighted by atomic mass is 10.0. The van der Waals surface area contributed by atoms with Crippen molar-refractivity contribution < 1.29 is 0 Å². The van der Waals surface area contributed by atoms with E-state index in [-0.39, 0.29) is 0 Å². The van der Waals surface area contributed by atoms with Crippen LogP contribution in [-0.4, -0.2) is 5.38 Å². The van der Waals surface area contributed by atoms with Gasteiger partial charge in [-0.25, -0.2) is 0 Å². The molecule has 68 valence electrons. The molecule has 1 unspecified atom stereocenters. The molecule has 1 aromatic rings. The molecular formula is C10H9BrClN. The van der Waals surface area contributed by atoms with Crippen LogP contribution in [0.3, 0.4) is 0 Å². The van der Waals surface area contributed by atoms with Crippen LogP contribution in [0.1, 0.15) is 11.1 Å². The van der Waals surface area contributed by atoms with Gasteiger partial charge in [-0.1, -0.05) is 22.0 Å². The van der Waals surface area contributed by atoms with Gasteiger partial charge in [0.2, 0.25) is 0 Å². The minimum atomic E-state index is -0.431. The predicted molar refractivity (Wildman–Crippen MR) is 57.8 cm³/mol. The van der Waals surface area contributed by atoms with Crippen LogP contribution >= 0.6 is 27.5 Å². The Morgan fingerprint density at radius 2 is 2.31 bits per heavy atom. The van der Waals surface area contributed by atoms with E-state index in [1.807, 2.05) is 31.2 Å². The SMILES string of the molecule is Cc1cc(Br)ccc1CC(Cl)C#N. The van der Waals surface area contributed by atoms with Crippen molar-refractivity contribution in [3.05, 3.63) is 33.8 Å². The Balaban J connectivity index is 2.85. The average molecular weight is 259 g/mol. The van der Waals surface area contributed by atoms with Crippen LogP contribution in [-0.2, 0) is 6.42 Å². The molecule has 0 bridgehead atoms. The van der Waals surface area contributed by atoms with E-state index in [1.54, 1.807) is 0 Å². The molecular weight excluding hydrogens is 249 g/mol. The van der Waals surface area contributed by atoms with Crippen molar-refractivity contribution in [1.82, 2.24) is 0 Å². The van der Waals surface area contributed by atoms with Gasteiger partial charge < -0.3 is 0 Å². The van der Waals surface area contributed by atoms with Gasteiger partial charge in [0.1, 0.15) is 5.38 Å². The number of hydrogen-bond acceptors (Lipinski definition) is 1. The number of alkyl halides is 1. The zero-order chi connectivity index (χ0) is 9.84. The summed E-state index contributed by atoms with van der Waals surface area (Å²) in [4.78, 5) is 0. The minimum Gasteiger partial charge on any atom is -0.197 e. The van der Waals surface area contributed by atoms with Gasteiger partial charge in [0.25, 0.3) is 0 Å². The van der Waals surface area contributed by atoms with E-state index in [9.17, 15) is 0 Å². The summed E-state index contributed by atoms with van der Waals surface area (Å²) in [6, 6.07) is 7.99. The highest BCUT2D eigenvalue weighted by atomic mass is 79.9. The van der Waals surface area contributed by atoms with Gasteiger partial charge in [-0.2, -0.15) is 5.26 Å². The average Bonchev–Trinajstić information content (AvgIpc) is 2.09. The smallest absolute Gasteiger partial charge is 0.124 e. The molecule has 0 heterocycles. The first kappa shape index (κ1) is 10.6. The molecule has 1 aromatic carbocycles. The third-order valence-corrected chi connectivity index (χ3v) is 2.59. The van der Waals surface area contributed by atoms with Crippen molar-refractivity contribution in [1.29, 1.82) is 5.26 Å². The van der Waals surface area contributed by atoms with Crippen LogP contribution < -0.4 is 0 Å². The first-order chi connectivity index (χ1) is 6.13. The third-order valence-electron chi connectivity index (χ3n) is 1.84. The van der Waals surface area contributed by atoms with E-state index >= 15 is 0 Å². The van der Waals surface area contributed by atoms with E-state index in [0.29, 0.717) is 6.42 Å². The highest BCUT2D eigenvalue weighted by Gasteiger charge is 2.06. The van der Waals surface area contributed by atoms with Crippen molar-refractivity contribution in [2.24, 2.45) is 0 Å². The largest absolute Gasteiger partial charge is 0.197 e. The van der Waals surface area contributed by atoms with Crippen LogP contribution in [0.2, 0.25) is 0 Å². The summed E-state index contributed by atoms with van der Waals surface area (Å²) in [6.07, 6.45) is 0.608. The molecule has 3 heteroatoms. The molecule has 0 aliphatic carbocycles. The second kappa shape index (κ2) is 4.64. The van der Waals surface area contributed by atoms with Crippen molar-refractivity contribution in [2.45, 2.75) is 18.7 Å². The summed E-state index contributed by atoms with van der Waals surface area (Å²) in [5.41, 5.74) is 2.29. The highest BCUT2D eigenvalue weighted by molar-refractivity contribution is 9.10. The van der Waals surface area contributed by atoms with E-state index < -0.39 is 5.38 Å². The van der Waals surface area contributed by atoms with Crippen LogP contribution in [0.25, 0.3) is 0 Å². The van der Waals surface area contributed by atoms with Crippen molar-refractivity contribution in [2.75, 3.05) is 0 Å². The summed E-state index contributed by atoms with van der Waals surface area (Å²) in [7, 11) is 0. The number of rotatable bonds is 2. The maximum absolute atomic E-state index is 8.55. The zero-order valence-corrected chi connectivity index (χ0v) is 9.56. The fourth-order valence-electron chi connectivity index (χ4n) is 1.13. The van der Waals surface area contributed by atoms with E-state index in [2.05, 4.69) is 15.9 Å². The Morgan fingerprint density at radius 1 is 1.62 bits per heavy atom. The maximum atomic E-state index is 8.55. The molecule has 1 nitrogen and oxygen atoms in total. The molecule has 1 rings (SSSR count). The fraction of sp³-hybridized carbons (Fsp3) is 0.300. The Morgan fingerprint density at radius 3 is 2.85 bits per heavy atom. The summed E-state index contributed by atoms with van der Waals surface area (Å²) in [6.45, 7) is 2.01. The molecule has 0 aliphatic heterocycles. The Bertz CT molecular complexity index is 343. The number of benzene rings is 1. The Hall–Kier alpha value is -0.520. The van der Waals surface area contributed by atoms with Crippen LogP contribution in [0.15, 0.2) is 22.7 Å². The van der Waals surface area contributed by atoms with Crippen LogP contribution in [0.5, 0.6) is 0 Å². The van der Waals surface area contributed by atoms with E-state index in [4.69, 9.17) is 16.9 Å². The first-order valence-electron chi connectivity index (χ1n) is 3.92. The summed E-state index contributed by atoms with van der Waals surface area (Å²) in [5.74, 6) is 0. The lowest BCUT2D eigenvalue weighted by Crippen LogP contribution is -2.01. The van der Waals surface area contributed by atoms with Crippen molar-refractivity contribution in [3.8, 4) is 6.07 Å². The second-order valence-electron chi connectivity index (χ2n) is 2.87. The molecule has 0 saturated heterocycles. The standard InChI is InChI=1S/C10H9BrClN/c1-7-4-9(11)3-2-8(7)5-10(12)6-13/h2-4,10H,5H2,1H3. The first-order valence-corrected chi connectivity index (χ1v) is 5.15. The molecule has 0 saturated carbocycles. The normalized spacial score (nSPS) is 12.2. The molecule has 0 aromatic heterocycles. The van der Waals surface area contributed by atoms with Gasteiger partial charge in [0.05, 0.1) is 6.07 Å². The molecule has 13 heavy (non-hydrogen) atoms. The number of nitriles is 1. The Labute approximate surface area is 91.5 Å². The molecule has 0 N–H and O–H groups in total. The molecule has 0 amide bonds. The van der Waals surface area contributed by atoms with E-state index in [0.717, 1.165) is 15.6 Å². The second-order valence-corrected chi connectivity index (χ2v) is 4.31. The molecule has 1 atom stereocenters. The van der Waals surface area contributed by atoms with Gasteiger partial charge in [-0.15, -0.1) is 11.6 Å². The number of aryl methyl sites for hydroxylation is 1. The number of halogens is 2. The molecule has 0 aliphatic rings. The summed E-state index contributed by atoms with van der Waals surface area (Å²) in [5, 5.41) is 8.12. The van der Waals surface area contributed by atoms with Gasteiger partial charge in [0.15, 0.2) is 0 Å². The van der Waals surface area contributed by atoms with Gasteiger partial charge in [0, 0.05) is 10.9 Å². The molecule has 0 spiro atoms. The van der Waals surface area contributed by atoms with Gasteiger partial charge in [-0.3, -0.25) is 0 Å². The Kier molecular flexibility index (Phi) is 3.77. The van der Waals surface area contributed by atoms with Gasteiger partial charge >= 0.3 is 0 Å². The highest BCUT2D eigenvalue weighted by Crippen LogP contribution is 2.18. The van der Waals surface area contributed by atoms with Crippen LogP contribution in [0.4, 0.5) is 0 Å². The predicted octanol–water partition coefficient (Wildman–Crippen LogP) is 3.43. The fourth-order valence-corrected chi connectivity index (χ4v) is 1.77. The number of hydrogen-bond donors (Lipinski definition) is 0. The van der Waals surface area contributed by atoms with Gasteiger partial charge in [-0.05, 0) is 30.2 Å². The minimum absolute atomic E-state index is 0.431. The zero-order valence-electron chi connectivity index (χ0n) is 7.22. The third kappa shape index (κ3) is 3.02. The van der Waals surface area contributed by atoms with E-state index in [1.165, 1.54) is 0 Å². The van der Waals surface area contributed by atoms with Crippen LogP contribution in [0, 0.1) is 18.3 Å². The van der Waals surface area contributed by atoms with Crippen molar-refractivity contribution in [3.63, 3.8) is 0 Å².